The minimum Gasteiger partial charge on any atom is -0.478 e. The highest BCUT2D eigenvalue weighted by Crippen LogP contribution is 2.15. The maximum atomic E-state index is 11.1. The summed E-state index contributed by atoms with van der Waals surface area (Å²) in [5, 5.41) is 8.71. The Kier molecular flexibility index (Phi) is 4.00. The first-order chi connectivity index (χ1) is 6.32. The van der Waals surface area contributed by atoms with E-state index >= 15 is 0 Å². The minimum atomic E-state index is -3.26. The van der Waals surface area contributed by atoms with E-state index in [1.54, 1.807) is 6.92 Å². The molecule has 0 unspecified atom stereocenters. The Morgan fingerprint density at radius 3 is 2.20 bits per heavy atom. The van der Waals surface area contributed by atoms with Gasteiger partial charge in [-0.3, -0.25) is 0 Å². The van der Waals surface area contributed by atoms with E-state index in [0.29, 0.717) is 5.56 Å². The Labute approximate surface area is 88.2 Å². The van der Waals surface area contributed by atoms with Crippen LogP contribution in [-0.4, -0.2) is 25.7 Å². The lowest BCUT2D eigenvalue weighted by Crippen LogP contribution is -2.03. The van der Waals surface area contributed by atoms with Gasteiger partial charge in [-0.25, -0.2) is 13.2 Å². The fourth-order valence-electron chi connectivity index (χ4n) is 1.11. The molecular weight excluding hydrogens is 218 g/mol. The monoisotopic (exact) mass is 231 g/mol. The third kappa shape index (κ3) is 3.03. The Morgan fingerprint density at radius 2 is 1.87 bits per heavy atom. The molecule has 0 radical (unpaired) electrons. The van der Waals surface area contributed by atoms with Crippen LogP contribution in [-0.2, 0) is 9.84 Å². The van der Waals surface area contributed by atoms with Crippen molar-refractivity contribution in [3.8, 4) is 0 Å². The molecule has 0 heterocycles. The molecule has 0 bridgehead atoms. The summed E-state index contributed by atoms with van der Waals surface area (Å²) in [6.07, 6.45) is 1.09. The van der Waals surface area contributed by atoms with Crippen molar-refractivity contribution in [3.05, 3.63) is 29.3 Å². The molecule has 0 aliphatic heterocycles. The first-order valence-electron chi connectivity index (χ1n) is 3.86. The van der Waals surface area contributed by atoms with Crippen molar-refractivity contribution in [2.24, 2.45) is 0 Å². The zero-order chi connectivity index (χ0) is 10.9. The van der Waals surface area contributed by atoms with Crippen molar-refractivity contribution in [2.75, 3.05) is 6.26 Å². The van der Waals surface area contributed by atoms with E-state index in [4.69, 9.17) is 5.11 Å². The number of carboxylic acids is 1. The molecule has 0 aliphatic rings. The summed E-state index contributed by atoms with van der Waals surface area (Å²) >= 11 is 0. The van der Waals surface area contributed by atoms with Crippen LogP contribution in [0.2, 0.25) is 0 Å². The van der Waals surface area contributed by atoms with E-state index in [-0.39, 0.29) is 16.6 Å². The molecule has 0 aliphatic carbocycles. The number of hydrogen-bond acceptors (Lipinski definition) is 4. The number of carbonyl (C=O) groups is 1. The molecule has 0 amide bonds. The van der Waals surface area contributed by atoms with Gasteiger partial charge in [0.1, 0.15) is 0 Å². The van der Waals surface area contributed by atoms with Gasteiger partial charge in [0.25, 0.3) is 0 Å². The lowest BCUT2D eigenvalue weighted by atomic mass is 10.1. The molecule has 1 aromatic carbocycles. The molecule has 6 heteroatoms. The van der Waals surface area contributed by atoms with Gasteiger partial charge in [0, 0.05) is 6.26 Å². The lowest BCUT2D eigenvalue weighted by Gasteiger charge is -2.03. The molecule has 84 valence electrons. The Bertz CT molecular complexity index is 479. The first kappa shape index (κ1) is 13.6. The molecule has 0 fully saturated rings. The van der Waals surface area contributed by atoms with Gasteiger partial charge in [-0.1, -0.05) is 0 Å². The second kappa shape index (κ2) is 4.41. The molecular formula is C9H13NO4S. The predicted molar refractivity (Wildman–Crippen MR) is 56.3 cm³/mol. The van der Waals surface area contributed by atoms with Crippen LogP contribution in [0.1, 0.15) is 15.9 Å². The fraction of sp³-hybridized carbons (Fsp3) is 0.222. The molecule has 0 atom stereocenters. The lowest BCUT2D eigenvalue weighted by molar-refractivity contribution is 0.0696. The summed E-state index contributed by atoms with van der Waals surface area (Å²) in [5.41, 5.74) is 0.567. The van der Waals surface area contributed by atoms with Crippen molar-refractivity contribution in [2.45, 2.75) is 11.8 Å². The number of benzene rings is 1. The number of aryl methyl sites for hydroxylation is 1. The summed E-state index contributed by atoms with van der Waals surface area (Å²) in [7, 11) is -3.26. The van der Waals surface area contributed by atoms with Crippen LogP contribution in [0, 0.1) is 6.92 Å². The fourth-order valence-corrected chi connectivity index (χ4v) is 1.81. The summed E-state index contributed by atoms with van der Waals surface area (Å²) in [5.74, 6) is -1.05. The summed E-state index contributed by atoms with van der Waals surface area (Å²) in [6, 6.07) is 3.96. The SMILES string of the molecule is Cc1cc(S(C)(=O)=O)ccc1C(=O)O.N. The van der Waals surface area contributed by atoms with Crippen molar-refractivity contribution in [1.82, 2.24) is 6.15 Å². The summed E-state index contributed by atoms with van der Waals surface area (Å²) in [6.45, 7) is 1.57. The van der Waals surface area contributed by atoms with Crippen molar-refractivity contribution < 1.29 is 18.3 Å². The molecule has 15 heavy (non-hydrogen) atoms. The van der Waals surface area contributed by atoms with Gasteiger partial charge in [0.2, 0.25) is 0 Å². The van der Waals surface area contributed by atoms with E-state index < -0.39 is 15.8 Å². The molecule has 4 N–H and O–H groups in total. The van der Waals surface area contributed by atoms with E-state index in [0.717, 1.165) is 6.26 Å². The number of hydrogen-bond donors (Lipinski definition) is 2. The second-order valence-corrected chi connectivity index (χ2v) is 5.07. The topological polar surface area (TPSA) is 106 Å². The van der Waals surface area contributed by atoms with Crippen LogP contribution in [0.3, 0.4) is 0 Å². The third-order valence-electron chi connectivity index (χ3n) is 1.86. The second-order valence-electron chi connectivity index (χ2n) is 3.05. The smallest absolute Gasteiger partial charge is 0.335 e. The number of rotatable bonds is 2. The molecule has 0 saturated carbocycles. The van der Waals surface area contributed by atoms with Gasteiger partial charge in [0.15, 0.2) is 9.84 Å². The molecule has 1 rings (SSSR count). The molecule has 0 saturated heterocycles. The standard InChI is InChI=1S/C9H10O4S.H3N/c1-6-5-7(14(2,12)13)3-4-8(6)9(10)11;/h3-5H,1-2H3,(H,10,11);1H3. The minimum absolute atomic E-state index is 0. The van der Waals surface area contributed by atoms with Crippen molar-refractivity contribution in [3.63, 3.8) is 0 Å². The Balaban J connectivity index is 0.00000196. The molecule has 1 aromatic rings. The molecule has 0 aromatic heterocycles. The predicted octanol–water partition coefficient (Wildman–Crippen LogP) is 1.26. The first-order valence-corrected chi connectivity index (χ1v) is 5.75. The van der Waals surface area contributed by atoms with E-state index in [1.807, 2.05) is 0 Å². The average Bonchev–Trinajstić information content (AvgIpc) is 2.01. The van der Waals surface area contributed by atoms with Crippen molar-refractivity contribution in [1.29, 1.82) is 0 Å². The highest BCUT2D eigenvalue weighted by Gasteiger charge is 2.11. The van der Waals surface area contributed by atoms with Crippen LogP contribution in [0.25, 0.3) is 0 Å². The maximum Gasteiger partial charge on any atom is 0.335 e. The molecule has 5 nitrogen and oxygen atoms in total. The summed E-state index contributed by atoms with van der Waals surface area (Å²) < 4.78 is 22.2. The highest BCUT2D eigenvalue weighted by atomic mass is 32.2. The van der Waals surface area contributed by atoms with Crippen LogP contribution >= 0.6 is 0 Å². The number of sulfone groups is 1. The highest BCUT2D eigenvalue weighted by molar-refractivity contribution is 7.90. The van der Waals surface area contributed by atoms with Gasteiger partial charge in [-0.05, 0) is 30.7 Å². The normalized spacial score (nSPS) is 10.5. The number of aromatic carboxylic acids is 1. The maximum absolute atomic E-state index is 11.1. The van der Waals surface area contributed by atoms with E-state index in [9.17, 15) is 13.2 Å². The Morgan fingerprint density at radius 1 is 1.33 bits per heavy atom. The van der Waals surface area contributed by atoms with Gasteiger partial charge in [-0.2, -0.15) is 0 Å². The van der Waals surface area contributed by atoms with Crippen LogP contribution < -0.4 is 6.15 Å². The van der Waals surface area contributed by atoms with Crippen LogP contribution in [0.4, 0.5) is 0 Å². The summed E-state index contributed by atoms with van der Waals surface area (Å²) in [4.78, 5) is 10.8. The van der Waals surface area contributed by atoms with Crippen LogP contribution in [0.5, 0.6) is 0 Å². The number of carboxylic acid groups (broad SMARTS) is 1. The van der Waals surface area contributed by atoms with E-state index in [1.165, 1.54) is 18.2 Å². The van der Waals surface area contributed by atoms with Gasteiger partial charge in [0.05, 0.1) is 10.5 Å². The molecule has 0 spiro atoms. The van der Waals surface area contributed by atoms with E-state index in [2.05, 4.69) is 0 Å². The quantitative estimate of drug-likeness (QED) is 0.796. The van der Waals surface area contributed by atoms with Gasteiger partial charge >= 0.3 is 5.97 Å². The zero-order valence-electron chi connectivity index (χ0n) is 8.52. The van der Waals surface area contributed by atoms with Crippen LogP contribution in [0.15, 0.2) is 23.1 Å². The van der Waals surface area contributed by atoms with Gasteiger partial charge in [-0.15, -0.1) is 0 Å². The van der Waals surface area contributed by atoms with Gasteiger partial charge < -0.3 is 11.3 Å². The average molecular weight is 231 g/mol. The van der Waals surface area contributed by atoms with Crippen molar-refractivity contribution >= 4 is 15.8 Å². The third-order valence-corrected chi connectivity index (χ3v) is 2.97. The Hall–Kier alpha value is -1.40. The zero-order valence-corrected chi connectivity index (χ0v) is 9.34. The largest absolute Gasteiger partial charge is 0.478 e.